The summed E-state index contributed by atoms with van der Waals surface area (Å²) in [7, 11) is 0. The smallest absolute Gasteiger partial charge is 0.154 e. The van der Waals surface area contributed by atoms with Crippen LogP contribution < -0.4 is 0 Å². The van der Waals surface area contributed by atoms with Gasteiger partial charge in [0.2, 0.25) is 0 Å². The number of rotatable bonds is 2. The van der Waals surface area contributed by atoms with Gasteiger partial charge in [0, 0.05) is 0 Å². The van der Waals surface area contributed by atoms with Crippen molar-refractivity contribution in [2.24, 2.45) is 5.41 Å². The fourth-order valence-corrected chi connectivity index (χ4v) is 3.09. The molecular formula is C9H13FOS. The number of alkyl halides is 1. The molecule has 0 spiro atoms. The summed E-state index contributed by atoms with van der Waals surface area (Å²) in [6, 6.07) is 0. The minimum Gasteiger partial charge on any atom is -0.298 e. The first kappa shape index (κ1) is 8.54. The average Bonchev–Trinajstić information content (AvgIpc) is 2.59. The van der Waals surface area contributed by atoms with Gasteiger partial charge in [-0.3, -0.25) is 4.79 Å². The third-order valence-corrected chi connectivity index (χ3v) is 4.30. The van der Waals surface area contributed by atoms with Crippen molar-refractivity contribution in [1.29, 1.82) is 0 Å². The molecule has 3 atom stereocenters. The maximum Gasteiger partial charge on any atom is 0.154 e. The molecule has 1 nitrogen and oxygen atoms in total. The first-order valence-electron chi connectivity index (χ1n) is 4.44. The van der Waals surface area contributed by atoms with Crippen LogP contribution in [0.3, 0.4) is 0 Å². The van der Waals surface area contributed by atoms with Gasteiger partial charge in [-0.2, -0.15) is 11.8 Å². The Morgan fingerprint density at radius 3 is 2.75 bits per heavy atom. The van der Waals surface area contributed by atoms with E-state index in [1.54, 1.807) is 18.7 Å². The molecule has 0 aromatic heterocycles. The molecule has 3 unspecified atom stereocenters. The predicted molar refractivity (Wildman–Crippen MR) is 48.1 cm³/mol. The summed E-state index contributed by atoms with van der Waals surface area (Å²) in [6.45, 7) is 1.76. The van der Waals surface area contributed by atoms with Crippen molar-refractivity contribution in [3.8, 4) is 0 Å². The van der Waals surface area contributed by atoms with E-state index in [-0.39, 0.29) is 11.0 Å². The Hall–Kier alpha value is -0.0500. The monoisotopic (exact) mass is 188 g/mol. The van der Waals surface area contributed by atoms with Crippen LogP contribution in [0.2, 0.25) is 0 Å². The summed E-state index contributed by atoms with van der Waals surface area (Å²) in [5, 5.41) is 0.107. The Bertz CT molecular complexity index is 213. The molecule has 0 aromatic rings. The molecule has 0 bridgehead atoms. The zero-order valence-electron chi connectivity index (χ0n) is 7.18. The highest BCUT2D eigenvalue weighted by atomic mass is 32.2. The molecule has 1 aliphatic heterocycles. The van der Waals surface area contributed by atoms with E-state index < -0.39 is 11.6 Å². The maximum absolute atomic E-state index is 12.8. The van der Waals surface area contributed by atoms with Crippen LogP contribution in [0.1, 0.15) is 26.2 Å². The number of carbonyl (C=O) groups excluding carboxylic acids is 1. The normalized spacial score (nSPS) is 46.2. The number of hydrogen-bond donors (Lipinski definition) is 0. The van der Waals surface area contributed by atoms with Crippen LogP contribution >= 0.6 is 11.8 Å². The second-order valence-electron chi connectivity index (χ2n) is 3.96. The summed E-state index contributed by atoms with van der Waals surface area (Å²) in [6.07, 6.45) is 1.69. The van der Waals surface area contributed by atoms with E-state index in [0.717, 1.165) is 18.6 Å². The molecule has 2 rings (SSSR count). The molecule has 1 saturated heterocycles. The number of ketones is 1. The van der Waals surface area contributed by atoms with Crippen LogP contribution in [-0.2, 0) is 4.79 Å². The van der Waals surface area contributed by atoms with Crippen LogP contribution in [0.15, 0.2) is 0 Å². The zero-order chi connectivity index (χ0) is 8.77. The quantitative estimate of drug-likeness (QED) is 0.661. The van der Waals surface area contributed by atoms with Gasteiger partial charge in [-0.15, -0.1) is 0 Å². The highest BCUT2D eigenvalue weighted by Crippen LogP contribution is 2.51. The Labute approximate surface area is 76.1 Å². The van der Waals surface area contributed by atoms with Crippen molar-refractivity contribution >= 4 is 17.5 Å². The van der Waals surface area contributed by atoms with Crippen molar-refractivity contribution in [2.75, 3.05) is 5.75 Å². The van der Waals surface area contributed by atoms with Gasteiger partial charge in [0.25, 0.3) is 0 Å². The number of Topliss-reactive ketones (excluding diaryl/α,β-unsaturated/α-hetero) is 1. The Morgan fingerprint density at radius 2 is 2.33 bits per heavy atom. The summed E-state index contributed by atoms with van der Waals surface area (Å²) in [4.78, 5) is 11.7. The van der Waals surface area contributed by atoms with E-state index in [1.165, 1.54) is 0 Å². The minimum absolute atomic E-state index is 0.107. The first-order valence-corrected chi connectivity index (χ1v) is 5.49. The van der Waals surface area contributed by atoms with E-state index >= 15 is 0 Å². The zero-order valence-corrected chi connectivity index (χ0v) is 7.99. The summed E-state index contributed by atoms with van der Waals surface area (Å²) in [5.74, 6) is 1.24. The highest BCUT2D eigenvalue weighted by Gasteiger charge is 2.58. The number of thioether (sulfide) groups is 1. The van der Waals surface area contributed by atoms with E-state index in [2.05, 4.69) is 0 Å². The van der Waals surface area contributed by atoms with E-state index in [0.29, 0.717) is 6.42 Å². The molecule has 3 heteroatoms. The lowest BCUT2D eigenvalue weighted by atomic mass is 9.98. The third kappa shape index (κ3) is 1.18. The number of halogens is 1. The molecular weight excluding hydrogens is 175 g/mol. The molecule has 0 aromatic carbocycles. The maximum atomic E-state index is 12.8. The fourth-order valence-electron chi connectivity index (χ4n) is 1.72. The Morgan fingerprint density at radius 1 is 1.67 bits per heavy atom. The molecule has 2 fully saturated rings. The second-order valence-corrected chi connectivity index (χ2v) is 5.27. The third-order valence-electron chi connectivity index (χ3n) is 2.92. The van der Waals surface area contributed by atoms with Gasteiger partial charge in [-0.25, -0.2) is 4.39 Å². The number of carbonyl (C=O) groups is 1. The SMILES string of the molecule is CC1(C(=O)C2CCCS2)CC1F. The van der Waals surface area contributed by atoms with Crippen molar-refractivity contribution in [3.05, 3.63) is 0 Å². The molecule has 1 heterocycles. The fraction of sp³-hybridized carbons (Fsp3) is 0.889. The van der Waals surface area contributed by atoms with E-state index in [4.69, 9.17) is 0 Å². The summed E-state index contributed by atoms with van der Waals surface area (Å²) < 4.78 is 12.8. The lowest BCUT2D eigenvalue weighted by Gasteiger charge is -2.12. The standard InChI is InChI=1S/C9H13FOS/c1-9(5-7(9)10)8(11)6-3-2-4-12-6/h6-7H,2-5H2,1H3. The van der Waals surface area contributed by atoms with E-state index in [9.17, 15) is 9.18 Å². The molecule has 0 N–H and O–H groups in total. The summed E-state index contributed by atoms with van der Waals surface area (Å²) >= 11 is 1.70. The molecule has 68 valence electrons. The lowest BCUT2D eigenvalue weighted by Crippen LogP contribution is -2.25. The largest absolute Gasteiger partial charge is 0.298 e. The van der Waals surface area contributed by atoms with Crippen molar-refractivity contribution < 1.29 is 9.18 Å². The van der Waals surface area contributed by atoms with Crippen molar-refractivity contribution in [2.45, 2.75) is 37.6 Å². The average molecular weight is 188 g/mol. The topological polar surface area (TPSA) is 17.1 Å². The molecule has 1 aliphatic carbocycles. The molecule has 0 radical (unpaired) electrons. The first-order chi connectivity index (χ1) is 5.64. The van der Waals surface area contributed by atoms with Gasteiger partial charge < -0.3 is 0 Å². The van der Waals surface area contributed by atoms with Gasteiger partial charge >= 0.3 is 0 Å². The molecule has 1 saturated carbocycles. The van der Waals surface area contributed by atoms with Crippen LogP contribution in [0, 0.1) is 5.41 Å². The van der Waals surface area contributed by atoms with Gasteiger partial charge in [0.15, 0.2) is 5.78 Å². The second kappa shape index (κ2) is 2.72. The van der Waals surface area contributed by atoms with Gasteiger partial charge in [0.1, 0.15) is 6.17 Å². The molecule has 0 amide bonds. The van der Waals surface area contributed by atoms with Gasteiger partial charge in [-0.1, -0.05) is 0 Å². The highest BCUT2D eigenvalue weighted by molar-refractivity contribution is 8.00. The lowest BCUT2D eigenvalue weighted by molar-refractivity contribution is -0.123. The van der Waals surface area contributed by atoms with Crippen LogP contribution in [0.25, 0.3) is 0 Å². The molecule has 12 heavy (non-hydrogen) atoms. The minimum atomic E-state index is -0.855. The van der Waals surface area contributed by atoms with Crippen molar-refractivity contribution in [3.63, 3.8) is 0 Å². The van der Waals surface area contributed by atoms with Crippen LogP contribution in [0.5, 0.6) is 0 Å². The van der Waals surface area contributed by atoms with Crippen LogP contribution in [0.4, 0.5) is 4.39 Å². The van der Waals surface area contributed by atoms with Gasteiger partial charge in [0.05, 0.1) is 10.7 Å². The van der Waals surface area contributed by atoms with Crippen LogP contribution in [-0.4, -0.2) is 23.0 Å². The number of hydrogen-bond acceptors (Lipinski definition) is 2. The predicted octanol–water partition coefficient (Wildman–Crippen LogP) is 2.20. The summed E-state index contributed by atoms with van der Waals surface area (Å²) in [5.41, 5.74) is -0.595. The Kier molecular flexibility index (Phi) is 1.94. The van der Waals surface area contributed by atoms with E-state index in [1.807, 2.05) is 0 Å². The Balaban J connectivity index is 2.00. The van der Waals surface area contributed by atoms with Crippen molar-refractivity contribution in [1.82, 2.24) is 0 Å². The molecule has 2 aliphatic rings. The van der Waals surface area contributed by atoms with Gasteiger partial charge in [-0.05, 0) is 31.9 Å².